The minimum Gasteiger partial charge on any atom is -0.323 e. The average Bonchev–Trinajstić information content (AvgIpc) is 2.65. The van der Waals surface area contributed by atoms with Crippen molar-refractivity contribution < 1.29 is 4.39 Å². The van der Waals surface area contributed by atoms with E-state index in [1.165, 1.54) is 17.1 Å². The molecule has 0 aliphatic carbocycles. The Hall–Kier alpha value is -1.82. The molecule has 0 spiro atoms. The van der Waals surface area contributed by atoms with Crippen LogP contribution in [0, 0.1) is 5.82 Å². The van der Waals surface area contributed by atoms with Gasteiger partial charge >= 0.3 is 0 Å². The molecule has 0 saturated carbocycles. The van der Waals surface area contributed by atoms with Crippen molar-refractivity contribution in [1.29, 1.82) is 0 Å². The maximum atomic E-state index is 12.7. The Labute approximate surface area is 85.8 Å². The highest BCUT2D eigenvalue weighted by Crippen LogP contribution is 2.07. The summed E-state index contributed by atoms with van der Waals surface area (Å²) in [5.74, 6) is 0.0522. The normalized spacial score (nSPS) is 12.7. The third-order valence-electron chi connectivity index (χ3n) is 1.91. The lowest BCUT2D eigenvalue weighted by Crippen LogP contribution is -2.09. The molecule has 0 aliphatic rings. The van der Waals surface area contributed by atoms with Gasteiger partial charge in [-0.1, -0.05) is 0 Å². The molecule has 0 unspecified atom stereocenters. The van der Waals surface area contributed by atoms with E-state index in [0.717, 1.165) is 6.20 Å². The van der Waals surface area contributed by atoms with Crippen molar-refractivity contribution in [3.63, 3.8) is 0 Å². The van der Waals surface area contributed by atoms with Crippen LogP contribution in [0.4, 0.5) is 4.39 Å². The summed E-state index contributed by atoms with van der Waals surface area (Å²) in [6.07, 6.45) is 5.40. The Morgan fingerprint density at radius 2 is 2.13 bits per heavy atom. The highest BCUT2D eigenvalue weighted by molar-refractivity contribution is 5.18. The maximum Gasteiger partial charge on any atom is 0.171 e. The van der Waals surface area contributed by atoms with Crippen molar-refractivity contribution >= 4 is 0 Å². The monoisotopic (exact) mass is 207 g/mol. The first-order valence-electron chi connectivity index (χ1n) is 4.45. The van der Waals surface area contributed by atoms with Gasteiger partial charge in [0.1, 0.15) is 0 Å². The molecule has 15 heavy (non-hydrogen) atoms. The molecule has 0 saturated heterocycles. The molecule has 0 aromatic carbocycles. The number of hydrogen-bond acceptors (Lipinski definition) is 4. The second kappa shape index (κ2) is 3.74. The lowest BCUT2D eigenvalue weighted by molar-refractivity contribution is 0.626. The third-order valence-corrected chi connectivity index (χ3v) is 1.91. The standard InChI is InChI=1S/C9H10FN5/c1-6(11)8-3-13-9(4-12-8)15-5-7(10)2-14-15/h2-6H,11H2,1H3/t6-/m0/s1. The first kappa shape index (κ1) is 9.72. The summed E-state index contributed by atoms with van der Waals surface area (Å²) in [6, 6.07) is -0.166. The summed E-state index contributed by atoms with van der Waals surface area (Å²) in [5, 5.41) is 3.77. The molecule has 2 aromatic rings. The van der Waals surface area contributed by atoms with Gasteiger partial charge in [-0.3, -0.25) is 4.98 Å². The van der Waals surface area contributed by atoms with E-state index in [-0.39, 0.29) is 6.04 Å². The van der Waals surface area contributed by atoms with Gasteiger partial charge < -0.3 is 5.73 Å². The Bertz CT molecular complexity index is 448. The van der Waals surface area contributed by atoms with E-state index in [4.69, 9.17) is 5.73 Å². The highest BCUT2D eigenvalue weighted by Gasteiger charge is 2.04. The molecule has 0 fully saturated rings. The predicted molar refractivity (Wildman–Crippen MR) is 51.7 cm³/mol. The van der Waals surface area contributed by atoms with E-state index in [9.17, 15) is 4.39 Å². The number of hydrogen-bond donors (Lipinski definition) is 1. The molecule has 6 heteroatoms. The van der Waals surface area contributed by atoms with Crippen LogP contribution in [0.1, 0.15) is 18.7 Å². The fraction of sp³-hybridized carbons (Fsp3) is 0.222. The molecular formula is C9H10FN5. The van der Waals surface area contributed by atoms with Gasteiger partial charge in [0, 0.05) is 6.04 Å². The van der Waals surface area contributed by atoms with Crippen LogP contribution in [-0.4, -0.2) is 19.7 Å². The molecule has 1 atom stereocenters. The van der Waals surface area contributed by atoms with Gasteiger partial charge in [0.25, 0.3) is 0 Å². The van der Waals surface area contributed by atoms with Crippen molar-refractivity contribution in [1.82, 2.24) is 19.7 Å². The highest BCUT2D eigenvalue weighted by atomic mass is 19.1. The first-order chi connectivity index (χ1) is 7.16. The van der Waals surface area contributed by atoms with E-state index in [1.807, 2.05) is 6.92 Å². The lowest BCUT2D eigenvalue weighted by atomic mass is 10.3. The van der Waals surface area contributed by atoms with Crippen molar-refractivity contribution in [2.24, 2.45) is 5.73 Å². The second-order valence-corrected chi connectivity index (χ2v) is 3.19. The zero-order valence-electron chi connectivity index (χ0n) is 8.13. The van der Waals surface area contributed by atoms with Crippen LogP contribution in [0.2, 0.25) is 0 Å². The third kappa shape index (κ3) is 1.99. The van der Waals surface area contributed by atoms with Crippen LogP contribution in [0.5, 0.6) is 0 Å². The fourth-order valence-corrected chi connectivity index (χ4v) is 1.11. The maximum absolute atomic E-state index is 12.7. The molecule has 2 rings (SSSR count). The van der Waals surface area contributed by atoms with E-state index in [0.29, 0.717) is 11.5 Å². The van der Waals surface area contributed by atoms with Crippen LogP contribution in [0.3, 0.4) is 0 Å². The average molecular weight is 207 g/mol. The van der Waals surface area contributed by atoms with Crippen LogP contribution >= 0.6 is 0 Å². The van der Waals surface area contributed by atoms with Gasteiger partial charge in [0.05, 0.1) is 30.5 Å². The molecule has 0 bridgehead atoms. The Morgan fingerprint density at radius 3 is 2.60 bits per heavy atom. The van der Waals surface area contributed by atoms with E-state index in [2.05, 4.69) is 15.1 Å². The molecule has 0 aliphatic heterocycles. The Kier molecular flexibility index (Phi) is 2.42. The van der Waals surface area contributed by atoms with Crippen molar-refractivity contribution in [2.75, 3.05) is 0 Å². The first-order valence-corrected chi connectivity index (χ1v) is 4.45. The predicted octanol–water partition coefficient (Wildman–Crippen LogP) is 0.821. The molecular weight excluding hydrogens is 197 g/mol. The largest absolute Gasteiger partial charge is 0.323 e. The summed E-state index contributed by atoms with van der Waals surface area (Å²) < 4.78 is 14.0. The summed E-state index contributed by atoms with van der Waals surface area (Å²) in [6.45, 7) is 1.82. The second-order valence-electron chi connectivity index (χ2n) is 3.19. The lowest BCUT2D eigenvalue weighted by Gasteiger charge is -2.04. The molecule has 0 radical (unpaired) electrons. The quantitative estimate of drug-likeness (QED) is 0.791. The van der Waals surface area contributed by atoms with Gasteiger partial charge in [-0.15, -0.1) is 0 Å². The summed E-state index contributed by atoms with van der Waals surface area (Å²) in [7, 11) is 0. The van der Waals surface area contributed by atoms with Crippen LogP contribution in [-0.2, 0) is 0 Å². The number of nitrogens with zero attached hydrogens (tertiary/aromatic N) is 4. The number of nitrogens with two attached hydrogens (primary N) is 1. The van der Waals surface area contributed by atoms with Crippen LogP contribution in [0.25, 0.3) is 5.82 Å². The summed E-state index contributed by atoms with van der Waals surface area (Å²) in [5.41, 5.74) is 6.31. The van der Waals surface area contributed by atoms with E-state index < -0.39 is 5.82 Å². The van der Waals surface area contributed by atoms with Gasteiger partial charge in [-0.25, -0.2) is 14.1 Å². The summed E-state index contributed by atoms with van der Waals surface area (Å²) >= 11 is 0. The van der Waals surface area contributed by atoms with Crippen molar-refractivity contribution in [3.8, 4) is 5.82 Å². The summed E-state index contributed by atoms with van der Waals surface area (Å²) in [4.78, 5) is 8.17. The topological polar surface area (TPSA) is 69.6 Å². The van der Waals surface area contributed by atoms with Gasteiger partial charge in [0.15, 0.2) is 11.6 Å². The zero-order chi connectivity index (χ0) is 10.8. The molecule has 2 N–H and O–H groups in total. The minimum atomic E-state index is -0.409. The molecule has 2 aromatic heterocycles. The fourth-order valence-electron chi connectivity index (χ4n) is 1.11. The van der Waals surface area contributed by atoms with Crippen LogP contribution < -0.4 is 5.73 Å². The number of aromatic nitrogens is 4. The SMILES string of the molecule is C[C@H](N)c1cnc(-n2cc(F)cn2)cn1. The van der Waals surface area contributed by atoms with Gasteiger partial charge in [-0.05, 0) is 6.92 Å². The number of halogens is 1. The Morgan fingerprint density at radius 1 is 1.33 bits per heavy atom. The smallest absolute Gasteiger partial charge is 0.171 e. The van der Waals surface area contributed by atoms with Crippen LogP contribution in [0.15, 0.2) is 24.8 Å². The molecule has 2 heterocycles. The van der Waals surface area contributed by atoms with E-state index >= 15 is 0 Å². The van der Waals surface area contributed by atoms with Crippen molar-refractivity contribution in [2.45, 2.75) is 13.0 Å². The number of rotatable bonds is 2. The van der Waals surface area contributed by atoms with Gasteiger partial charge in [0.2, 0.25) is 0 Å². The van der Waals surface area contributed by atoms with Gasteiger partial charge in [-0.2, -0.15) is 5.10 Å². The molecule has 0 amide bonds. The Balaban J connectivity index is 2.31. The molecule has 78 valence electrons. The molecule has 5 nitrogen and oxygen atoms in total. The van der Waals surface area contributed by atoms with E-state index in [1.54, 1.807) is 6.20 Å². The van der Waals surface area contributed by atoms with Crippen molar-refractivity contribution in [3.05, 3.63) is 36.3 Å². The zero-order valence-corrected chi connectivity index (χ0v) is 8.13. The minimum absolute atomic E-state index is 0.166.